The molecule has 1 saturated heterocycles. The zero-order chi connectivity index (χ0) is 23.8. The van der Waals surface area contributed by atoms with Gasteiger partial charge in [0.25, 0.3) is 0 Å². The summed E-state index contributed by atoms with van der Waals surface area (Å²) >= 11 is 0. The van der Waals surface area contributed by atoms with Crippen LogP contribution in [0.2, 0.25) is 0 Å². The van der Waals surface area contributed by atoms with Gasteiger partial charge < -0.3 is 18.7 Å². The predicted molar refractivity (Wildman–Crippen MR) is 131 cm³/mol. The Balaban J connectivity index is 1.70. The monoisotopic (exact) mass is 461 g/mol. The average molecular weight is 462 g/mol. The molecule has 1 N–H and O–H groups in total. The summed E-state index contributed by atoms with van der Waals surface area (Å²) < 4.78 is 16.5. The highest BCUT2D eigenvalue weighted by Gasteiger charge is 2.24. The fraction of sp³-hybridized carbons (Fsp3) is 0.333. The number of methoxy groups -OCH3 is 1. The van der Waals surface area contributed by atoms with E-state index in [1.54, 1.807) is 30.3 Å². The third kappa shape index (κ3) is 3.86. The van der Waals surface area contributed by atoms with Crippen LogP contribution in [0.1, 0.15) is 38.2 Å². The van der Waals surface area contributed by atoms with Crippen LogP contribution in [-0.4, -0.2) is 29.7 Å². The van der Waals surface area contributed by atoms with E-state index in [4.69, 9.17) is 13.6 Å². The molecule has 7 heteroatoms. The van der Waals surface area contributed by atoms with E-state index in [0.29, 0.717) is 51.4 Å². The number of hydrogen-bond donors (Lipinski definition) is 1. The molecule has 0 radical (unpaired) electrons. The van der Waals surface area contributed by atoms with Crippen molar-refractivity contribution in [1.29, 1.82) is 0 Å². The van der Waals surface area contributed by atoms with Gasteiger partial charge in [-0.2, -0.15) is 0 Å². The lowest BCUT2D eigenvalue weighted by molar-refractivity contribution is 0.135. The summed E-state index contributed by atoms with van der Waals surface area (Å²) in [5, 5.41) is 12.0. The summed E-state index contributed by atoms with van der Waals surface area (Å²) in [6.07, 6.45) is 4.41. The van der Waals surface area contributed by atoms with E-state index in [9.17, 15) is 14.7 Å². The molecule has 5 rings (SSSR count). The molecule has 0 bridgehead atoms. The normalized spacial score (nSPS) is 16.8. The molecule has 1 fully saturated rings. The van der Waals surface area contributed by atoms with Crippen molar-refractivity contribution in [3.63, 3.8) is 0 Å². The third-order valence-electron chi connectivity index (χ3n) is 6.81. The molecule has 2 aromatic carbocycles. The Bertz CT molecular complexity index is 1480. The van der Waals surface area contributed by atoms with Gasteiger partial charge in [0, 0.05) is 35.0 Å². The van der Waals surface area contributed by atoms with Gasteiger partial charge in [-0.3, -0.25) is 4.90 Å². The highest BCUT2D eigenvalue weighted by Crippen LogP contribution is 2.35. The first-order chi connectivity index (χ1) is 16.5. The lowest BCUT2D eigenvalue weighted by atomic mass is 9.97. The highest BCUT2D eigenvalue weighted by molar-refractivity contribution is 5.97. The number of para-hydroxylation sites is 1. The van der Waals surface area contributed by atoms with Crippen LogP contribution >= 0.6 is 0 Å². The first-order valence-corrected chi connectivity index (χ1v) is 11.6. The number of phenolic OH excluding ortho intramolecular Hbond substituents is 1. The van der Waals surface area contributed by atoms with E-state index in [-0.39, 0.29) is 11.3 Å². The molecule has 1 aliphatic rings. The molecule has 0 saturated carbocycles. The van der Waals surface area contributed by atoms with Crippen LogP contribution in [0.15, 0.2) is 60.9 Å². The zero-order valence-corrected chi connectivity index (χ0v) is 19.3. The van der Waals surface area contributed by atoms with Crippen molar-refractivity contribution < 1.29 is 18.7 Å². The van der Waals surface area contributed by atoms with Crippen molar-refractivity contribution in [3.05, 3.63) is 68.9 Å². The minimum atomic E-state index is -0.592. The van der Waals surface area contributed by atoms with E-state index in [1.807, 2.05) is 6.07 Å². The van der Waals surface area contributed by atoms with Gasteiger partial charge in [0.05, 0.1) is 18.2 Å². The third-order valence-corrected chi connectivity index (χ3v) is 6.81. The molecule has 1 atom stereocenters. The number of ether oxygens (including phenoxy) is 1. The predicted octanol–water partition coefficient (Wildman–Crippen LogP) is 5.05. The van der Waals surface area contributed by atoms with E-state index in [2.05, 4.69) is 11.8 Å². The zero-order valence-electron chi connectivity index (χ0n) is 19.3. The highest BCUT2D eigenvalue weighted by atomic mass is 16.5. The summed E-state index contributed by atoms with van der Waals surface area (Å²) in [6, 6.07) is 12.0. The van der Waals surface area contributed by atoms with Crippen molar-refractivity contribution in [2.24, 2.45) is 0 Å². The van der Waals surface area contributed by atoms with E-state index in [1.165, 1.54) is 19.6 Å². The summed E-state index contributed by atoms with van der Waals surface area (Å²) in [7, 11) is 1.51. The van der Waals surface area contributed by atoms with Crippen molar-refractivity contribution in [3.8, 4) is 22.6 Å². The lowest BCUT2D eigenvalue weighted by Gasteiger charge is -2.35. The van der Waals surface area contributed by atoms with Crippen LogP contribution in [0.3, 0.4) is 0 Å². The van der Waals surface area contributed by atoms with Gasteiger partial charge >= 0.3 is 11.3 Å². The molecule has 3 heterocycles. The number of hydrogen-bond acceptors (Lipinski definition) is 7. The van der Waals surface area contributed by atoms with Gasteiger partial charge in [0.1, 0.15) is 11.3 Å². The molecule has 0 spiro atoms. The quantitative estimate of drug-likeness (QED) is 0.416. The number of piperidine rings is 1. The SMILES string of the molecule is CC[C@@H]1CCCCN1Cc1c(O)ccc2c(-c3cc4cccc(OC)c4oc3=O)cc(=O)oc12. The average Bonchev–Trinajstić information content (AvgIpc) is 2.85. The van der Waals surface area contributed by atoms with Crippen LogP contribution in [0.5, 0.6) is 11.5 Å². The second kappa shape index (κ2) is 8.99. The maximum Gasteiger partial charge on any atom is 0.344 e. The Hall–Kier alpha value is -3.58. The molecular formula is C27H27NO6. The molecule has 0 aliphatic carbocycles. The topological polar surface area (TPSA) is 93.1 Å². The Labute approximate surface area is 196 Å². The second-order valence-electron chi connectivity index (χ2n) is 8.77. The van der Waals surface area contributed by atoms with Crippen molar-refractivity contribution in [2.75, 3.05) is 13.7 Å². The number of likely N-dealkylation sites (tertiary alicyclic amines) is 1. The molecule has 4 aromatic rings. The standard InChI is InChI=1S/C27H27NO6/c1-3-17-8-4-5-12-28(17)15-21-22(29)11-10-18-19(14-24(30)33-26(18)21)20-13-16-7-6-9-23(32-2)25(16)34-27(20)31/h6-7,9-11,13-14,17,29H,3-5,8,12,15H2,1-2H3/t17-/m1/s1. The van der Waals surface area contributed by atoms with Gasteiger partial charge in [0.15, 0.2) is 11.3 Å². The van der Waals surface area contributed by atoms with Gasteiger partial charge in [0.2, 0.25) is 0 Å². The number of fused-ring (bicyclic) bond motifs is 2. The minimum absolute atomic E-state index is 0.0727. The first kappa shape index (κ1) is 22.2. The van der Waals surface area contributed by atoms with E-state index in [0.717, 1.165) is 25.8 Å². The van der Waals surface area contributed by atoms with Gasteiger partial charge in [-0.05, 0) is 50.1 Å². The van der Waals surface area contributed by atoms with Crippen LogP contribution in [0, 0.1) is 0 Å². The smallest absolute Gasteiger partial charge is 0.344 e. The van der Waals surface area contributed by atoms with Crippen LogP contribution < -0.4 is 16.0 Å². The van der Waals surface area contributed by atoms with Gasteiger partial charge in [-0.15, -0.1) is 0 Å². The number of aromatic hydroxyl groups is 1. The molecule has 2 aromatic heterocycles. The Morgan fingerprint density at radius 2 is 1.91 bits per heavy atom. The van der Waals surface area contributed by atoms with Crippen LogP contribution in [0.25, 0.3) is 33.1 Å². The largest absolute Gasteiger partial charge is 0.507 e. The summed E-state index contributed by atoms with van der Waals surface area (Å²) in [4.78, 5) is 27.9. The molecule has 7 nitrogen and oxygen atoms in total. The van der Waals surface area contributed by atoms with Crippen molar-refractivity contribution in [1.82, 2.24) is 4.90 Å². The van der Waals surface area contributed by atoms with Crippen LogP contribution in [0.4, 0.5) is 0 Å². The second-order valence-corrected chi connectivity index (χ2v) is 8.77. The maximum atomic E-state index is 13.0. The van der Waals surface area contributed by atoms with Crippen molar-refractivity contribution >= 4 is 21.9 Å². The molecule has 176 valence electrons. The van der Waals surface area contributed by atoms with Crippen molar-refractivity contribution in [2.45, 2.75) is 45.2 Å². The molecule has 1 aliphatic heterocycles. The molecule has 34 heavy (non-hydrogen) atoms. The number of rotatable bonds is 5. The minimum Gasteiger partial charge on any atom is -0.507 e. The van der Waals surface area contributed by atoms with Gasteiger partial charge in [-0.1, -0.05) is 25.5 Å². The Kier molecular flexibility index (Phi) is 5.87. The van der Waals surface area contributed by atoms with Gasteiger partial charge in [-0.25, -0.2) is 9.59 Å². The Morgan fingerprint density at radius 1 is 1.06 bits per heavy atom. The fourth-order valence-corrected chi connectivity index (χ4v) is 5.05. The molecule has 0 unspecified atom stereocenters. The number of benzene rings is 2. The molecule has 0 amide bonds. The maximum absolute atomic E-state index is 13.0. The summed E-state index contributed by atoms with van der Waals surface area (Å²) in [6.45, 7) is 3.56. The van der Waals surface area contributed by atoms with E-state index < -0.39 is 11.3 Å². The summed E-state index contributed by atoms with van der Waals surface area (Å²) in [5.41, 5.74) is 0.693. The van der Waals surface area contributed by atoms with Crippen LogP contribution in [-0.2, 0) is 6.54 Å². The summed E-state index contributed by atoms with van der Waals surface area (Å²) in [5.74, 6) is 0.529. The number of nitrogens with zero attached hydrogens (tertiary/aromatic N) is 1. The molecular weight excluding hydrogens is 434 g/mol. The number of phenols is 1. The first-order valence-electron chi connectivity index (χ1n) is 11.6. The fourth-order valence-electron chi connectivity index (χ4n) is 5.05. The Morgan fingerprint density at radius 3 is 2.71 bits per heavy atom. The van der Waals surface area contributed by atoms with E-state index >= 15 is 0 Å². The lowest BCUT2D eigenvalue weighted by Crippen LogP contribution is -2.38.